The number of hydrogen-bond donors (Lipinski definition) is 0. The van der Waals surface area contributed by atoms with Crippen LogP contribution in [-0.4, -0.2) is 39.8 Å². The average Bonchev–Trinajstić information content (AvgIpc) is 3.35. The Bertz CT molecular complexity index is 887. The largest absolute Gasteiger partial charge is 0.381 e. The molecule has 27 heavy (non-hydrogen) atoms. The highest BCUT2D eigenvalue weighted by Gasteiger charge is 2.21. The topological polar surface area (TPSA) is 56.1 Å². The van der Waals surface area contributed by atoms with Crippen molar-refractivity contribution in [2.75, 3.05) is 25.2 Å². The van der Waals surface area contributed by atoms with Crippen LogP contribution in [0.2, 0.25) is 0 Å². The van der Waals surface area contributed by atoms with E-state index in [1.807, 2.05) is 25.4 Å². The number of imidazole rings is 1. The van der Waals surface area contributed by atoms with Crippen LogP contribution in [-0.2, 0) is 17.8 Å². The van der Waals surface area contributed by atoms with Crippen LogP contribution in [0, 0.1) is 6.92 Å². The summed E-state index contributed by atoms with van der Waals surface area (Å²) in [7, 11) is 2.05. The lowest BCUT2D eigenvalue weighted by Crippen LogP contribution is -2.22. The van der Waals surface area contributed by atoms with Gasteiger partial charge in [-0.1, -0.05) is 30.3 Å². The Kier molecular flexibility index (Phi) is 5.16. The maximum atomic E-state index is 5.52. The minimum absolute atomic E-state index is 0.374. The van der Waals surface area contributed by atoms with Gasteiger partial charge in [-0.25, -0.2) is 15.0 Å². The molecule has 3 heterocycles. The van der Waals surface area contributed by atoms with E-state index in [-0.39, 0.29) is 0 Å². The van der Waals surface area contributed by atoms with Crippen molar-refractivity contribution in [1.82, 2.24) is 19.5 Å². The molecular weight excluding hydrogens is 338 g/mol. The lowest BCUT2D eigenvalue weighted by atomic mass is 10.0. The van der Waals surface area contributed by atoms with Gasteiger partial charge in [-0.15, -0.1) is 0 Å². The first-order valence-corrected chi connectivity index (χ1v) is 9.37. The van der Waals surface area contributed by atoms with Crippen LogP contribution in [0.15, 0.2) is 48.8 Å². The van der Waals surface area contributed by atoms with Gasteiger partial charge in [0.2, 0.25) is 0 Å². The van der Waals surface area contributed by atoms with E-state index in [9.17, 15) is 0 Å². The molecule has 0 bridgehead atoms. The molecule has 6 nitrogen and oxygen atoms in total. The Morgan fingerprint density at radius 3 is 2.85 bits per heavy atom. The van der Waals surface area contributed by atoms with Crippen molar-refractivity contribution >= 4 is 5.82 Å². The lowest BCUT2D eigenvalue weighted by Gasteiger charge is -2.20. The fraction of sp³-hybridized carbons (Fsp3) is 0.381. The van der Waals surface area contributed by atoms with Gasteiger partial charge in [0.15, 0.2) is 0 Å². The van der Waals surface area contributed by atoms with Crippen LogP contribution >= 0.6 is 0 Å². The summed E-state index contributed by atoms with van der Waals surface area (Å²) in [6.07, 6.45) is 4.92. The second kappa shape index (κ2) is 7.88. The number of benzene rings is 1. The summed E-state index contributed by atoms with van der Waals surface area (Å²) in [4.78, 5) is 16.0. The predicted molar refractivity (Wildman–Crippen MR) is 105 cm³/mol. The highest BCUT2D eigenvalue weighted by molar-refractivity contribution is 5.40. The molecule has 1 aromatic carbocycles. The van der Waals surface area contributed by atoms with Crippen molar-refractivity contribution in [3.8, 4) is 0 Å². The average molecular weight is 363 g/mol. The molecular formula is C21H25N5O. The third-order valence-electron chi connectivity index (χ3n) is 4.96. The van der Waals surface area contributed by atoms with Crippen molar-refractivity contribution in [2.45, 2.75) is 32.4 Å². The minimum atomic E-state index is 0.374. The maximum absolute atomic E-state index is 5.52. The van der Waals surface area contributed by atoms with E-state index in [1.54, 1.807) is 0 Å². The molecule has 0 saturated carbocycles. The van der Waals surface area contributed by atoms with Crippen molar-refractivity contribution in [3.63, 3.8) is 0 Å². The van der Waals surface area contributed by atoms with Gasteiger partial charge in [-0.05, 0) is 18.9 Å². The van der Waals surface area contributed by atoms with Crippen molar-refractivity contribution < 1.29 is 4.74 Å². The van der Waals surface area contributed by atoms with Gasteiger partial charge in [-0.2, -0.15) is 0 Å². The summed E-state index contributed by atoms with van der Waals surface area (Å²) in [5, 5.41) is 0. The maximum Gasteiger partial charge on any atom is 0.132 e. The Balaban J connectivity index is 1.51. The van der Waals surface area contributed by atoms with E-state index < -0.39 is 0 Å². The van der Waals surface area contributed by atoms with Gasteiger partial charge >= 0.3 is 0 Å². The van der Waals surface area contributed by atoms with E-state index in [2.05, 4.69) is 61.8 Å². The van der Waals surface area contributed by atoms with Crippen LogP contribution in [0.4, 0.5) is 5.82 Å². The predicted octanol–water partition coefficient (Wildman–Crippen LogP) is 3.17. The van der Waals surface area contributed by atoms with Crippen LogP contribution in [0.25, 0.3) is 0 Å². The zero-order valence-electron chi connectivity index (χ0n) is 15.9. The van der Waals surface area contributed by atoms with Crippen LogP contribution in [0.5, 0.6) is 0 Å². The highest BCUT2D eigenvalue weighted by atomic mass is 16.5. The summed E-state index contributed by atoms with van der Waals surface area (Å²) < 4.78 is 7.71. The summed E-state index contributed by atoms with van der Waals surface area (Å²) in [5.74, 6) is 3.12. The quantitative estimate of drug-likeness (QED) is 0.673. The second-order valence-electron chi connectivity index (χ2n) is 7.07. The fourth-order valence-corrected chi connectivity index (χ4v) is 3.46. The van der Waals surface area contributed by atoms with E-state index in [0.29, 0.717) is 12.5 Å². The number of aryl methyl sites for hydroxylation is 1. The van der Waals surface area contributed by atoms with Crippen LogP contribution < -0.4 is 4.90 Å². The third-order valence-corrected chi connectivity index (χ3v) is 4.96. The molecule has 1 unspecified atom stereocenters. The molecule has 1 atom stereocenters. The molecule has 0 aliphatic carbocycles. The molecule has 1 fully saturated rings. The van der Waals surface area contributed by atoms with E-state index in [0.717, 1.165) is 49.3 Å². The number of ether oxygens (including phenoxy) is 1. The zero-order chi connectivity index (χ0) is 18.6. The molecule has 140 valence electrons. The summed E-state index contributed by atoms with van der Waals surface area (Å²) >= 11 is 0. The summed E-state index contributed by atoms with van der Waals surface area (Å²) in [5.41, 5.74) is 2.34. The molecule has 1 aliphatic rings. The van der Waals surface area contributed by atoms with Crippen LogP contribution in [0.1, 0.15) is 35.2 Å². The van der Waals surface area contributed by atoms with Gasteiger partial charge in [0.05, 0.1) is 18.8 Å². The second-order valence-corrected chi connectivity index (χ2v) is 7.07. The molecule has 3 aromatic rings. The lowest BCUT2D eigenvalue weighted by molar-refractivity contribution is 0.193. The Morgan fingerprint density at radius 1 is 1.22 bits per heavy atom. The van der Waals surface area contributed by atoms with Gasteiger partial charge in [0.1, 0.15) is 17.5 Å². The van der Waals surface area contributed by atoms with E-state index >= 15 is 0 Å². The molecule has 0 radical (unpaired) electrons. The first-order valence-electron chi connectivity index (χ1n) is 9.37. The zero-order valence-corrected chi connectivity index (χ0v) is 15.9. The molecule has 4 rings (SSSR count). The minimum Gasteiger partial charge on any atom is -0.381 e. The monoisotopic (exact) mass is 363 g/mol. The van der Waals surface area contributed by atoms with Gasteiger partial charge in [-0.3, -0.25) is 0 Å². The first-order chi connectivity index (χ1) is 13.2. The van der Waals surface area contributed by atoms with Crippen molar-refractivity contribution in [1.29, 1.82) is 0 Å². The summed E-state index contributed by atoms with van der Waals surface area (Å²) in [6, 6.07) is 12.5. The molecule has 6 heteroatoms. The Labute approximate surface area is 159 Å². The highest BCUT2D eigenvalue weighted by Crippen LogP contribution is 2.26. The van der Waals surface area contributed by atoms with Crippen molar-refractivity contribution in [2.24, 2.45) is 0 Å². The molecule has 1 aliphatic heterocycles. The molecule has 1 saturated heterocycles. The molecule has 0 N–H and O–H groups in total. The molecule has 0 amide bonds. The van der Waals surface area contributed by atoms with Crippen molar-refractivity contribution in [3.05, 3.63) is 71.7 Å². The Hall–Kier alpha value is -2.73. The number of aromatic nitrogens is 4. The van der Waals surface area contributed by atoms with Gasteiger partial charge in [0, 0.05) is 44.6 Å². The smallest absolute Gasteiger partial charge is 0.132 e. The number of anilines is 1. The first kappa shape index (κ1) is 17.7. The van der Waals surface area contributed by atoms with Gasteiger partial charge < -0.3 is 14.2 Å². The summed E-state index contributed by atoms with van der Waals surface area (Å²) in [6.45, 7) is 5.03. The van der Waals surface area contributed by atoms with Gasteiger partial charge in [0.25, 0.3) is 0 Å². The van der Waals surface area contributed by atoms with Crippen LogP contribution in [0.3, 0.4) is 0 Å². The molecule has 0 spiro atoms. The molecule has 2 aromatic heterocycles. The SMILES string of the molecule is Cc1nc(C2CCOC2)cc(N(C)Cc2nccn2Cc2ccccc2)n1. The third kappa shape index (κ3) is 4.17. The standard InChI is InChI=1S/C21H25N5O/c1-16-23-19(18-8-11-27-15-18)12-20(24-16)25(2)14-21-22-9-10-26(21)13-17-6-4-3-5-7-17/h3-7,9-10,12,18H,8,11,13-15H2,1-2H3. The number of rotatable bonds is 6. The number of hydrogen-bond acceptors (Lipinski definition) is 5. The number of nitrogens with zero attached hydrogens (tertiary/aromatic N) is 5. The van der Waals surface area contributed by atoms with E-state index in [4.69, 9.17) is 4.74 Å². The Morgan fingerprint density at radius 2 is 2.07 bits per heavy atom. The normalized spacial score (nSPS) is 16.6. The fourth-order valence-electron chi connectivity index (χ4n) is 3.46. The van der Waals surface area contributed by atoms with E-state index in [1.165, 1.54) is 5.56 Å².